The van der Waals surface area contributed by atoms with Crippen LogP contribution in [-0.4, -0.2) is 29.9 Å². The number of aliphatic hydroxyl groups is 1. The maximum atomic E-state index is 11.9. The molecule has 110 valence electrons. The van der Waals surface area contributed by atoms with E-state index in [0.29, 0.717) is 19.8 Å². The topological polar surface area (TPSA) is 70.6 Å². The van der Waals surface area contributed by atoms with Gasteiger partial charge >= 0.3 is 6.03 Å². The van der Waals surface area contributed by atoms with Crippen LogP contribution in [0.4, 0.5) is 10.5 Å². The molecule has 0 radical (unpaired) electrons. The Hall–Kier alpha value is -1.59. The van der Waals surface area contributed by atoms with E-state index in [0.717, 1.165) is 30.5 Å². The van der Waals surface area contributed by atoms with E-state index in [4.69, 9.17) is 4.74 Å². The molecule has 0 unspecified atom stereocenters. The van der Waals surface area contributed by atoms with Gasteiger partial charge in [-0.2, -0.15) is 0 Å². The van der Waals surface area contributed by atoms with Crippen LogP contribution in [0.25, 0.3) is 0 Å². The summed E-state index contributed by atoms with van der Waals surface area (Å²) in [6.07, 6.45) is 2.54. The highest BCUT2D eigenvalue weighted by molar-refractivity contribution is 5.90. The molecule has 1 aromatic carbocycles. The lowest BCUT2D eigenvalue weighted by Gasteiger charge is -2.36. The number of hydrogen-bond acceptors (Lipinski definition) is 3. The van der Waals surface area contributed by atoms with E-state index < -0.39 is 5.60 Å². The van der Waals surface area contributed by atoms with E-state index in [1.807, 2.05) is 31.2 Å². The lowest BCUT2D eigenvalue weighted by molar-refractivity contribution is -0.0287. The lowest BCUT2D eigenvalue weighted by Crippen LogP contribution is -2.48. The van der Waals surface area contributed by atoms with E-state index >= 15 is 0 Å². The van der Waals surface area contributed by atoms with Crippen molar-refractivity contribution in [3.63, 3.8) is 0 Å². The molecule has 1 aromatic rings. The summed E-state index contributed by atoms with van der Waals surface area (Å²) in [5.74, 6) is 0. The number of ether oxygens (including phenoxy) is 1. The Labute approximate surface area is 119 Å². The fourth-order valence-corrected chi connectivity index (χ4v) is 2.15. The van der Waals surface area contributed by atoms with E-state index in [1.165, 1.54) is 0 Å². The number of hydrogen-bond donors (Lipinski definition) is 3. The van der Waals surface area contributed by atoms with E-state index in [2.05, 4.69) is 10.6 Å². The van der Waals surface area contributed by atoms with Gasteiger partial charge in [0.2, 0.25) is 0 Å². The third kappa shape index (κ3) is 3.95. The number of urea groups is 1. The van der Waals surface area contributed by atoms with Crippen molar-refractivity contribution < 1.29 is 14.6 Å². The number of benzene rings is 1. The van der Waals surface area contributed by atoms with Gasteiger partial charge in [0.25, 0.3) is 0 Å². The van der Waals surface area contributed by atoms with Crippen molar-refractivity contribution >= 4 is 11.7 Å². The predicted molar refractivity (Wildman–Crippen MR) is 77.6 cm³/mol. The average Bonchev–Trinajstić information content (AvgIpc) is 2.42. The normalized spacial score (nSPS) is 16.3. The van der Waals surface area contributed by atoms with Crippen LogP contribution in [-0.2, 0) is 11.3 Å². The largest absolute Gasteiger partial charge is 0.388 e. The summed E-state index contributed by atoms with van der Waals surface area (Å²) in [7, 11) is 0. The summed E-state index contributed by atoms with van der Waals surface area (Å²) >= 11 is 0. The highest BCUT2D eigenvalue weighted by atomic mass is 16.5. The number of carbonyl (C=O) groups excluding carboxylic acids is 1. The van der Waals surface area contributed by atoms with Gasteiger partial charge in [-0.3, -0.25) is 0 Å². The summed E-state index contributed by atoms with van der Waals surface area (Å²) in [5.41, 5.74) is 0.966. The van der Waals surface area contributed by atoms with Crippen LogP contribution in [0.3, 0.4) is 0 Å². The van der Waals surface area contributed by atoms with Gasteiger partial charge in [0.15, 0.2) is 0 Å². The minimum atomic E-state index is -0.706. The van der Waals surface area contributed by atoms with Gasteiger partial charge in [0, 0.05) is 24.4 Å². The van der Waals surface area contributed by atoms with Gasteiger partial charge in [0.05, 0.1) is 12.2 Å². The summed E-state index contributed by atoms with van der Waals surface area (Å²) in [4.78, 5) is 11.9. The van der Waals surface area contributed by atoms with Gasteiger partial charge in [-0.05, 0) is 32.3 Å². The fraction of sp³-hybridized carbons (Fsp3) is 0.533. The van der Waals surface area contributed by atoms with Crippen LogP contribution < -0.4 is 10.6 Å². The molecule has 1 saturated carbocycles. The Kier molecular flexibility index (Phi) is 4.98. The lowest BCUT2D eigenvalue weighted by atomic mass is 9.80. The van der Waals surface area contributed by atoms with Crippen molar-refractivity contribution in [1.82, 2.24) is 5.32 Å². The Morgan fingerprint density at radius 1 is 1.40 bits per heavy atom. The van der Waals surface area contributed by atoms with Gasteiger partial charge < -0.3 is 20.5 Å². The quantitative estimate of drug-likeness (QED) is 0.747. The molecule has 0 atom stereocenters. The van der Waals surface area contributed by atoms with Crippen LogP contribution in [0.2, 0.25) is 0 Å². The molecule has 1 fully saturated rings. The molecule has 2 rings (SSSR count). The summed E-state index contributed by atoms with van der Waals surface area (Å²) in [6, 6.07) is 7.24. The molecule has 5 nitrogen and oxygen atoms in total. The molecule has 1 aliphatic carbocycles. The third-order valence-corrected chi connectivity index (χ3v) is 3.59. The molecule has 3 N–H and O–H groups in total. The van der Waals surface area contributed by atoms with Crippen molar-refractivity contribution in [1.29, 1.82) is 0 Å². The average molecular weight is 278 g/mol. The van der Waals surface area contributed by atoms with Crippen LogP contribution in [0.5, 0.6) is 0 Å². The van der Waals surface area contributed by atoms with Gasteiger partial charge in [-0.15, -0.1) is 0 Å². The van der Waals surface area contributed by atoms with Crippen LogP contribution in [0.1, 0.15) is 31.7 Å². The number of para-hydroxylation sites is 1. The fourth-order valence-electron chi connectivity index (χ4n) is 2.15. The van der Waals surface area contributed by atoms with E-state index in [1.54, 1.807) is 0 Å². The second-order valence-corrected chi connectivity index (χ2v) is 5.18. The monoisotopic (exact) mass is 278 g/mol. The first-order chi connectivity index (χ1) is 9.63. The smallest absolute Gasteiger partial charge is 0.319 e. The van der Waals surface area contributed by atoms with Gasteiger partial charge in [-0.25, -0.2) is 4.79 Å². The molecule has 0 heterocycles. The van der Waals surface area contributed by atoms with E-state index in [-0.39, 0.29) is 6.03 Å². The first-order valence-corrected chi connectivity index (χ1v) is 7.06. The molecule has 0 aromatic heterocycles. The molecule has 0 spiro atoms. The minimum Gasteiger partial charge on any atom is -0.388 e. The van der Waals surface area contributed by atoms with Crippen molar-refractivity contribution in [3.05, 3.63) is 29.8 Å². The van der Waals surface area contributed by atoms with Gasteiger partial charge in [-0.1, -0.05) is 18.2 Å². The molecule has 2 amide bonds. The van der Waals surface area contributed by atoms with Crippen LogP contribution >= 0.6 is 0 Å². The van der Waals surface area contributed by atoms with Crippen LogP contribution in [0, 0.1) is 0 Å². The number of carbonyl (C=O) groups is 1. The molecule has 5 heteroatoms. The minimum absolute atomic E-state index is 0.297. The Balaban J connectivity index is 1.86. The molecular weight excluding hydrogens is 256 g/mol. The highest BCUT2D eigenvalue weighted by Gasteiger charge is 2.34. The first-order valence-electron chi connectivity index (χ1n) is 7.06. The van der Waals surface area contributed by atoms with Crippen molar-refractivity contribution in [2.45, 2.75) is 38.4 Å². The highest BCUT2D eigenvalue weighted by Crippen LogP contribution is 2.30. The molecule has 1 aliphatic rings. The SMILES string of the molecule is CCOCc1ccccc1NC(=O)NCC1(O)CCC1. The Bertz CT molecular complexity index is 458. The Morgan fingerprint density at radius 2 is 2.15 bits per heavy atom. The number of nitrogens with one attached hydrogen (secondary N) is 2. The summed E-state index contributed by atoms with van der Waals surface area (Å²) in [6.45, 7) is 3.33. The zero-order valence-electron chi connectivity index (χ0n) is 11.8. The summed E-state index contributed by atoms with van der Waals surface area (Å²) in [5, 5.41) is 15.4. The number of amides is 2. The van der Waals surface area contributed by atoms with Crippen LogP contribution in [0.15, 0.2) is 24.3 Å². The van der Waals surface area contributed by atoms with Crippen molar-refractivity contribution in [2.24, 2.45) is 0 Å². The zero-order chi connectivity index (χ0) is 14.4. The second kappa shape index (κ2) is 6.72. The predicted octanol–water partition coefficient (Wildman–Crippen LogP) is 2.26. The Morgan fingerprint density at radius 3 is 2.80 bits per heavy atom. The van der Waals surface area contributed by atoms with E-state index in [9.17, 15) is 9.90 Å². The molecule has 0 bridgehead atoms. The molecule has 20 heavy (non-hydrogen) atoms. The van der Waals surface area contributed by atoms with Crippen molar-refractivity contribution in [3.8, 4) is 0 Å². The maximum Gasteiger partial charge on any atom is 0.319 e. The third-order valence-electron chi connectivity index (χ3n) is 3.59. The molecular formula is C15H22N2O3. The maximum absolute atomic E-state index is 11.9. The van der Waals surface area contributed by atoms with Gasteiger partial charge in [0.1, 0.15) is 0 Å². The number of rotatable bonds is 6. The number of anilines is 1. The molecule has 0 aliphatic heterocycles. The van der Waals surface area contributed by atoms with Crippen molar-refractivity contribution in [2.75, 3.05) is 18.5 Å². The standard InChI is InChI=1S/C15H22N2O3/c1-2-20-10-12-6-3-4-7-13(12)17-14(18)16-11-15(19)8-5-9-15/h3-4,6-7,19H,2,5,8-11H2,1H3,(H2,16,17,18). The summed E-state index contributed by atoms with van der Waals surface area (Å²) < 4.78 is 5.37. The second-order valence-electron chi connectivity index (χ2n) is 5.18. The zero-order valence-corrected chi connectivity index (χ0v) is 11.8. The molecule has 0 saturated heterocycles. The first kappa shape index (κ1) is 14.8.